The summed E-state index contributed by atoms with van der Waals surface area (Å²) in [6.45, 7) is 4.40. The monoisotopic (exact) mass is 185 g/mol. The highest BCUT2D eigenvalue weighted by molar-refractivity contribution is 5.73. The molecule has 0 saturated carbocycles. The van der Waals surface area contributed by atoms with Crippen molar-refractivity contribution in [3.05, 3.63) is 0 Å². The molecule has 13 heavy (non-hydrogen) atoms. The van der Waals surface area contributed by atoms with Gasteiger partial charge in [-0.2, -0.15) is 0 Å². The Balaban J connectivity index is 2.21. The maximum Gasteiger partial charge on any atom is 0.320 e. The van der Waals surface area contributed by atoms with E-state index in [-0.39, 0.29) is 6.04 Å². The molecule has 2 N–H and O–H groups in total. The summed E-state index contributed by atoms with van der Waals surface area (Å²) in [6.07, 6.45) is 4.10. The van der Waals surface area contributed by atoms with Crippen LogP contribution in [0.2, 0.25) is 0 Å². The molecule has 3 nitrogen and oxygen atoms in total. The van der Waals surface area contributed by atoms with Crippen molar-refractivity contribution in [2.24, 2.45) is 5.92 Å². The van der Waals surface area contributed by atoms with E-state index in [0.29, 0.717) is 12.0 Å². The van der Waals surface area contributed by atoms with Gasteiger partial charge in [0, 0.05) is 6.04 Å². The number of carboxylic acids is 1. The quantitative estimate of drug-likeness (QED) is 0.700. The summed E-state index contributed by atoms with van der Waals surface area (Å²) in [7, 11) is 0. The average molecular weight is 185 g/mol. The molecule has 1 heterocycles. The van der Waals surface area contributed by atoms with Gasteiger partial charge in [-0.3, -0.25) is 4.79 Å². The van der Waals surface area contributed by atoms with E-state index in [1.54, 1.807) is 0 Å². The summed E-state index contributed by atoms with van der Waals surface area (Å²) in [4.78, 5) is 10.6. The normalized spacial score (nSPS) is 28.2. The van der Waals surface area contributed by atoms with Crippen molar-refractivity contribution in [3.63, 3.8) is 0 Å². The fraction of sp³-hybridized carbons (Fsp3) is 0.900. The van der Waals surface area contributed by atoms with Crippen LogP contribution in [-0.2, 0) is 4.79 Å². The molecule has 3 heteroatoms. The average Bonchev–Trinajstić information content (AvgIpc) is 2.48. The highest BCUT2D eigenvalue weighted by Gasteiger charge is 2.28. The van der Waals surface area contributed by atoms with E-state index in [0.717, 1.165) is 19.3 Å². The van der Waals surface area contributed by atoms with Crippen molar-refractivity contribution < 1.29 is 9.90 Å². The zero-order valence-corrected chi connectivity index (χ0v) is 8.42. The number of carboxylic acid groups (broad SMARTS) is 1. The first-order chi connectivity index (χ1) is 6.09. The van der Waals surface area contributed by atoms with Gasteiger partial charge in [0.05, 0.1) is 0 Å². The van der Waals surface area contributed by atoms with Crippen molar-refractivity contribution in [3.8, 4) is 0 Å². The lowest BCUT2D eigenvalue weighted by molar-refractivity contribution is -0.139. The fourth-order valence-corrected chi connectivity index (χ4v) is 1.78. The second-order valence-corrected chi connectivity index (χ2v) is 4.30. The molecule has 1 aliphatic rings. The maximum absolute atomic E-state index is 10.6. The maximum atomic E-state index is 10.6. The molecule has 1 rings (SSSR count). The van der Waals surface area contributed by atoms with Crippen molar-refractivity contribution in [1.29, 1.82) is 0 Å². The van der Waals surface area contributed by atoms with Gasteiger partial charge in [-0.05, 0) is 31.6 Å². The topological polar surface area (TPSA) is 49.3 Å². The molecule has 0 amide bonds. The SMILES string of the molecule is CC(C)CCC1CCC(C(=O)O)N1. The van der Waals surface area contributed by atoms with Gasteiger partial charge in [0.25, 0.3) is 0 Å². The molecule has 0 aliphatic carbocycles. The van der Waals surface area contributed by atoms with E-state index in [4.69, 9.17) is 5.11 Å². The molecule has 0 bridgehead atoms. The molecule has 0 aromatic rings. The van der Waals surface area contributed by atoms with Crippen LogP contribution < -0.4 is 5.32 Å². The van der Waals surface area contributed by atoms with Crippen LogP contribution in [0.1, 0.15) is 39.5 Å². The van der Waals surface area contributed by atoms with Crippen LogP contribution in [0, 0.1) is 5.92 Å². The minimum atomic E-state index is -0.702. The Morgan fingerprint density at radius 2 is 2.23 bits per heavy atom. The highest BCUT2D eigenvalue weighted by atomic mass is 16.4. The van der Waals surface area contributed by atoms with Crippen LogP contribution in [0.5, 0.6) is 0 Å². The molecule has 1 aliphatic heterocycles. The van der Waals surface area contributed by atoms with Crippen molar-refractivity contribution in [2.45, 2.75) is 51.6 Å². The second kappa shape index (κ2) is 4.61. The Morgan fingerprint density at radius 3 is 2.69 bits per heavy atom. The predicted molar refractivity (Wildman–Crippen MR) is 51.7 cm³/mol. The van der Waals surface area contributed by atoms with Gasteiger partial charge in [0.15, 0.2) is 0 Å². The predicted octanol–water partition coefficient (Wildman–Crippen LogP) is 1.63. The summed E-state index contributed by atoms with van der Waals surface area (Å²) < 4.78 is 0. The second-order valence-electron chi connectivity index (χ2n) is 4.30. The minimum absolute atomic E-state index is 0.294. The number of hydrogen-bond donors (Lipinski definition) is 2. The van der Waals surface area contributed by atoms with Gasteiger partial charge in [-0.15, -0.1) is 0 Å². The first kappa shape index (κ1) is 10.5. The number of rotatable bonds is 4. The van der Waals surface area contributed by atoms with E-state index < -0.39 is 5.97 Å². The Bertz CT molecular complexity index is 180. The van der Waals surface area contributed by atoms with Gasteiger partial charge < -0.3 is 10.4 Å². The lowest BCUT2D eigenvalue weighted by atomic mass is 10.0. The smallest absolute Gasteiger partial charge is 0.320 e. The summed E-state index contributed by atoms with van der Waals surface area (Å²) in [5.41, 5.74) is 0. The molecule has 2 atom stereocenters. The molecule has 0 aromatic heterocycles. The van der Waals surface area contributed by atoms with Gasteiger partial charge in [-0.1, -0.05) is 13.8 Å². The molecule has 76 valence electrons. The van der Waals surface area contributed by atoms with Gasteiger partial charge in [-0.25, -0.2) is 0 Å². The molecule has 1 saturated heterocycles. The van der Waals surface area contributed by atoms with E-state index in [1.165, 1.54) is 6.42 Å². The number of nitrogens with one attached hydrogen (secondary N) is 1. The van der Waals surface area contributed by atoms with Crippen LogP contribution >= 0.6 is 0 Å². The third kappa shape index (κ3) is 3.35. The van der Waals surface area contributed by atoms with Crippen molar-refractivity contribution in [1.82, 2.24) is 5.32 Å². The van der Waals surface area contributed by atoms with Crippen LogP contribution in [0.3, 0.4) is 0 Å². The zero-order chi connectivity index (χ0) is 9.84. The first-order valence-corrected chi connectivity index (χ1v) is 5.08. The summed E-state index contributed by atoms with van der Waals surface area (Å²) in [5, 5.41) is 11.9. The molecule has 0 radical (unpaired) electrons. The molecular formula is C10H19NO2. The van der Waals surface area contributed by atoms with E-state index >= 15 is 0 Å². The molecular weight excluding hydrogens is 166 g/mol. The zero-order valence-electron chi connectivity index (χ0n) is 8.42. The van der Waals surface area contributed by atoms with E-state index in [9.17, 15) is 4.79 Å². The first-order valence-electron chi connectivity index (χ1n) is 5.08. The third-order valence-corrected chi connectivity index (χ3v) is 2.63. The van der Waals surface area contributed by atoms with E-state index in [1.807, 2.05) is 0 Å². The van der Waals surface area contributed by atoms with Gasteiger partial charge >= 0.3 is 5.97 Å². The molecule has 0 aromatic carbocycles. The highest BCUT2D eigenvalue weighted by Crippen LogP contribution is 2.18. The van der Waals surface area contributed by atoms with E-state index in [2.05, 4.69) is 19.2 Å². The van der Waals surface area contributed by atoms with Crippen molar-refractivity contribution >= 4 is 5.97 Å². The summed E-state index contributed by atoms with van der Waals surface area (Å²) in [6, 6.07) is 0.140. The third-order valence-electron chi connectivity index (χ3n) is 2.63. The summed E-state index contributed by atoms with van der Waals surface area (Å²) in [5.74, 6) is 0.0118. The standard InChI is InChI=1S/C10H19NO2/c1-7(2)3-4-8-5-6-9(11-8)10(12)13/h7-9,11H,3-6H2,1-2H3,(H,12,13). The van der Waals surface area contributed by atoms with Crippen LogP contribution in [0.25, 0.3) is 0 Å². The minimum Gasteiger partial charge on any atom is -0.480 e. The number of hydrogen-bond acceptors (Lipinski definition) is 2. The molecule has 1 fully saturated rings. The van der Waals surface area contributed by atoms with Crippen molar-refractivity contribution in [2.75, 3.05) is 0 Å². The summed E-state index contributed by atoms with van der Waals surface area (Å²) >= 11 is 0. The van der Waals surface area contributed by atoms with Crippen LogP contribution in [-0.4, -0.2) is 23.2 Å². The van der Waals surface area contributed by atoms with Crippen LogP contribution in [0.15, 0.2) is 0 Å². The lowest BCUT2D eigenvalue weighted by Gasteiger charge is -2.12. The Morgan fingerprint density at radius 1 is 1.54 bits per heavy atom. The fourth-order valence-electron chi connectivity index (χ4n) is 1.78. The number of carbonyl (C=O) groups is 1. The molecule has 0 spiro atoms. The Labute approximate surface area is 79.5 Å². The van der Waals surface area contributed by atoms with Gasteiger partial charge in [0.2, 0.25) is 0 Å². The number of aliphatic carboxylic acids is 1. The Kier molecular flexibility index (Phi) is 3.72. The lowest BCUT2D eigenvalue weighted by Crippen LogP contribution is -2.35. The Hall–Kier alpha value is -0.570. The van der Waals surface area contributed by atoms with Gasteiger partial charge in [0.1, 0.15) is 6.04 Å². The molecule has 2 unspecified atom stereocenters. The van der Waals surface area contributed by atoms with Crippen LogP contribution in [0.4, 0.5) is 0 Å². The largest absolute Gasteiger partial charge is 0.480 e.